The number of hydrogen-bond acceptors (Lipinski definition) is 4. The summed E-state index contributed by atoms with van der Waals surface area (Å²) < 4.78 is 0. The van der Waals surface area contributed by atoms with Crippen LogP contribution >= 0.6 is 0 Å². The number of allylic oxidation sites excluding steroid dienone is 1. The van der Waals surface area contributed by atoms with Gasteiger partial charge in [0, 0.05) is 17.3 Å². The van der Waals surface area contributed by atoms with Crippen LogP contribution in [0.1, 0.15) is 11.5 Å². The van der Waals surface area contributed by atoms with Gasteiger partial charge in [0.25, 0.3) is 0 Å². The van der Waals surface area contributed by atoms with Crippen LogP contribution in [0.4, 0.5) is 0 Å². The van der Waals surface area contributed by atoms with Crippen LogP contribution in [0.5, 0.6) is 0 Å². The third kappa shape index (κ3) is 1.77. The molecule has 0 bridgehead atoms. The Morgan fingerprint density at radius 1 is 1.31 bits per heavy atom. The van der Waals surface area contributed by atoms with Crippen LogP contribution in [0.15, 0.2) is 30.3 Å². The molecule has 0 radical (unpaired) electrons. The maximum atomic E-state index is 6.96. The lowest BCUT2D eigenvalue weighted by molar-refractivity contribution is 1.10. The molecule has 0 atom stereocenters. The third-order valence-corrected chi connectivity index (χ3v) is 2.31. The van der Waals surface area contributed by atoms with Crippen LogP contribution in [0.2, 0.25) is 0 Å². The number of fused-ring (bicyclic) bond motifs is 1. The fraction of sp³-hybridized carbons (Fsp3) is 0.0833. The summed E-state index contributed by atoms with van der Waals surface area (Å²) in [6.07, 6.45) is 2.60. The molecule has 1 aromatic carbocycles. The van der Waals surface area contributed by atoms with Gasteiger partial charge in [-0.25, -0.2) is 9.97 Å². The molecule has 1 aromatic heterocycles. The molecule has 0 saturated carbocycles. The Kier molecular flexibility index (Phi) is 2.64. The van der Waals surface area contributed by atoms with E-state index < -0.39 is 0 Å². The van der Waals surface area contributed by atoms with E-state index in [-0.39, 0.29) is 0 Å². The summed E-state index contributed by atoms with van der Waals surface area (Å²) in [5.74, 6) is 0.472. The maximum absolute atomic E-state index is 6.96. The summed E-state index contributed by atoms with van der Waals surface area (Å²) in [6.45, 7) is 1.92. The summed E-state index contributed by atoms with van der Waals surface area (Å²) in [4.78, 5) is 8.66. The first kappa shape index (κ1) is 10.3. The first-order valence-corrected chi connectivity index (χ1v) is 4.92. The molecule has 80 valence electrons. The SMILES string of the molecule is Cc1nc(C(N)=CC=N)nc2ccccc12. The highest BCUT2D eigenvalue weighted by Gasteiger charge is 2.05. The third-order valence-electron chi connectivity index (χ3n) is 2.31. The molecule has 2 rings (SSSR count). The molecule has 0 fully saturated rings. The van der Waals surface area contributed by atoms with Crippen LogP contribution in [-0.2, 0) is 0 Å². The Morgan fingerprint density at radius 3 is 2.81 bits per heavy atom. The van der Waals surface area contributed by atoms with Gasteiger partial charge in [0.05, 0.1) is 11.2 Å². The van der Waals surface area contributed by atoms with Gasteiger partial charge in [0.1, 0.15) is 0 Å². The summed E-state index contributed by atoms with van der Waals surface area (Å²) in [6, 6.07) is 7.78. The van der Waals surface area contributed by atoms with Gasteiger partial charge < -0.3 is 11.1 Å². The predicted molar refractivity (Wildman–Crippen MR) is 65.2 cm³/mol. The van der Waals surface area contributed by atoms with Crippen LogP contribution in [0, 0.1) is 12.3 Å². The van der Waals surface area contributed by atoms with Gasteiger partial charge in [0.2, 0.25) is 0 Å². The smallest absolute Gasteiger partial charge is 0.176 e. The molecule has 0 amide bonds. The Balaban J connectivity index is 2.66. The molecule has 0 spiro atoms. The quantitative estimate of drug-likeness (QED) is 0.746. The highest BCUT2D eigenvalue weighted by atomic mass is 14.9. The topological polar surface area (TPSA) is 75.7 Å². The molecular formula is C12H12N4. The average Bonchev–Trinajstić information content (AvgIpc) is 2.29. The molecular weight excluding hydrogens is 200 g/mol. The van der Waals surface area contributed by atoms with E-state index >= 15 is 0 Å². The van der Waals surface area contributed by atoms with Crippen molar-refractivity contribution in [2.45, 2.75) is 6.92 Å². The van der Waals surface area contributed by atoms with Crippen LogP contribution < -0.4 is 5.73 Å². The largest absolute Gasteiger partial charge is 0.396 e. The van der Waals surface area contributed by atoms with E-state index in [1.807, 2.05) is 31.2 Å². The Labute approximate surface area is 93.3 Å². The number of hydrogen-bond donors (Lipinski definition) is 2. The number of nitrogens with two attached hydrogens (primary N) is 1. The van der Waals surface area contributed by atoms with Crippen molar-refractivity contribution >= 4 is 22.8 Å². The van der Waals surface area contributed by atoms with E-state index in [0.29, 0.717) is 11.5 Å². The zero-order valence-corrected chi connectivity index (χ0v) is 8.94. The Hall–Kier alpha value is -2.23. The van der Waals surface area contributed by atoms with Crippen molar-refractivity contribution in [1.29, 1.82) is 5.41 Å². The molecule has 0 aliphatic heterocycles. The van der Waals surface area contributed by atoms with Crippen molar-refractivity contribution in [1.82, 2.24) is 9.97 Å². The van der Waals surface area contributed by atoms with Gasteiger partial charge in [0.15, 0.2) is 5.82 Å². The Bertz CT molecular complexity index is 572. The van der Waals surface area contributed by atoms with Gasteiger partial charge in [-0.05, 0) is 19.1 Å². The molecule has 2 aromatic rings. The van der Waals surface area contributed by atoms with Crippen molar-refractivity contribution < 1.29 is 0 Å². The first-order valence-electron chi connectivity index (χ1n) is 4.92. The normalized spacial score (nSPS) is 11.7. The zero-order chi connectivity index (χ0) is 11.5. The Morgan fingerprint density at radius 2 is 2.06 bits per heavy atom. The molecule has 16 heavy (non-hydrogen) atoms. The summed E-state index contributed by atoms with van der Waals surface area (Å²) in [7, 11) is 0. The van der Waals surface area contributed by atoms with Crippen molar-refractivity contribution in [3.05, 3.63) is 41.9 Å². The summed E-state index contributed by atoms with van der Waals surface area (Å²) in [5.41, 5.74) is 7.91. The van der Waals surface area contributed by atoms with Gasteiger partial charge >= 0.3 is 0 Å². The average molecular weight is 212 g/mol. The summed E-state index contributed by atoms with van der Waals surface area (Å²) in [5, 5.41) is 7.98. The van der Waals surface area contributed by atoms with Crippen LogP contribution in [0.3, 0.4) is 0 Å². The van der Waals surface area contributed by atoms with E-state index in [1.54, 1.807) is 0 Å². The van der Waals surface area contributed by atoms with Gasteiger partial charge in [-0.3, -0.25) is 0 Å². The second-order valence-corrected chi connectivity index (χ2v) is 3.44. The molecule has 3 N–H and O–H groups in total. The van der Waals surface area contributed by atoms with E-state index in [1.165, 1.54) is 6.08 Å². The first-order chi connectivity index (χ1) is 7.72. The lowest BCUT2D eigenvalue weighted by Crippen LogP contribution is -2.04. The molecule has 4 heteroatoms. The van der Waals surface area contributed by atoms with Crippen molar-refractivity contribution in [3.63, 3.8) is 0 Å². The highest BCUT2D eigenvalue weighted by molar-refractivity contribution is 5.84. The minimum Gasteiger partial charge on any atom is -0.396 e. The van der Waals surface area contributed by atoms with Crippen molar-refractivity contribution in [3.8, 4) is 0 Å². The predicted octanol–water partition coefficient (Wildman–Crippen LogP) is 1.89. The minimum absolute atomic E-state index is 0.406. The zero-order valence-electron chi connectivity index (χ0n) is 8.94. The fourth-order valence-electron chi connectivity index (χ4n) is 1.53. The number of aryl methyl sites for hydroxylation is 1. The van der Waals surface area contributed by atoms with E-state index in [2.05, 4.69) is 9.97 Å². The van der Waals surface area contributed by atoms with Gasteiger partial charge in [-0.2, -0.15) is 0 Å². The number of aromatic nitrogens is 2. The van der Waals surface area contributed by atoms with Gasteiger partial charge in [-0.1, -0.05) is 18.2 Å². The molecule has 4 nitrogen and oxygen atoms in total. The van der Waals surface area contributed by atoms with E-state index in [9.17, 15) is 0 Å². The number of nitrogens with one attached hydrogen (secondary N) is 1. The highest BCUT2D eigenvalue weighted by Crippen LogP contribution is 2.16. The van der Waals surface area contributed by atoms with Crippen molar-refractivity contribution in [2.75, 3.05) is 0 Å². The van der Waals surface area contributed by atoms with E-state index in [4.69, 9.17) is 11.1 Å². The second-order valence-electron chi connectivity index (χ2n) is 3.44. The van der Waals surface area contributed by atoms with Crippen molar-refractivity contribution in [2.24, 2.45) is 5.73 Å². The van der Waals surface area contributed by atoms with Crippen LogP contribution in [-0.4, -0.2) is 16.2 Å². The lowest BCUT2D eigenvalue weighted by Gasteiger charge is -2.04. The second kappa shape index (κ2) is 4.10. The number of rotatable bonds is 2. The van der Waals surface area contributed by atoms with Gasteiger partial charge in [-0.15, -0.1) is 0 Å². The van der Waals surface area contributed by atoms with Crippen LogP contribution in [0.25, 0.3) is 16.6 Å². The molecule has 0 saturated heterocycles. The molecule has 0 aliphatic rings. The number of para-hydroxylation sites is 1. The number of benzene rings is 1. The fourth-order valence-corrected chi connectivity index (χ4v) is 1.53. The maximum Gasteiger partial charge on any atom is 0.176 e. The monoisotopic (exact) mass is 212 g/mol. The lowest BCUT2D eigenvalue weighted by atomic mass is 10.2. The molecule has 0 unspecified atom stereocenters. The standard InChI is InChI=1S/C12H12N4/c1-8-9-4-2-3-5-11(9)16-12(15-8)10(14)6-7-13/h2-7,13H,14H2,1H3. The molecule has 0 aliphatic carbocycles. The molecule has 1 heterocycles. The van der Waals surface area contributed by atoms with E-state index in [0.717, 1.165) is 22.8 Å². The number of nitrogens with zero attached hydrogens (tertiary/aromatic N) is 2. The minimum atomic E-state index is 0.406. The summed E-state index contributed by atoms with van der Waals surface area (Å²) >= 11 is 0.